The van der Waals surface area contributed by atoms with E-state index in [2.05, 4.69) is 9.47 Å². The second-order valence-electron chi connectivity index (χ2n) is 4.05. The summed E-state index contributed by atoms with van der Waals surface area (Å²) < 4.78 is 14.0. The van der Waals surface area contributed by atoms with Crippen molar-refractivity contribution in [1.82, 2.24) is 0 Å². The first-order chi connectivity index (χ1) is 9.18. The van der Waals surface area contributed by atoms with Gasteiger partial charge in [-0.2, -0.15) is 0 Å². The van der Waals surface area contributed by atoms with E-state index in [0.29, 0.717) is 6.42 Å². The Bertz CT molecular complexity index is 389. The number of carboxylic acids is 1. The van der Waals surface area contributed by atoms with Crippen LogP contribution in [0, 0.1) is 0 Å². The highest BCUT2D eigenvalue weighted by Crippen LogP contribution is 2.11. The standard InChI is InChI=1S/C12H18O8/c1-5-6(2)18-12(17)10(20-8(4)14)9(11(15)16)19-7(3)13/h6,9-10H,5H2,1-4H3,(H,15,16). The Morgan fingerprint density at radius 1 is 0.950 bits per heavy atom. The van der Waals surface area contributed by atoms with Crippen molar-refractivity contribution in [2.24, 2.45) is 0 Å². The third-order valence-electron chi connectivity index (χ3n) is 2.23. The van der Waals surface area contributed by atoms with E-state index in [-0.39, 0.29) is 0 Å². The fraction of sp³-hybridized carbons (Fsp3) is 0.667. The number of carbonyl (C=O) groups is 4. The second kappa shape index (κ2) is 8.13. The van der Waals surface area contributed by atoms with Crippen LogP contribution in [0.1, 0.15) is 34.1 Å². The number of carbonyl (C=O) groups excluding carboxylic acids is 3. The molecule has 0 saturated carbocycles. The Hall–Kier alpha value is -2.12. The van der Waals surface area contributed by atoms with Crippen LogP contribution in [0.25, 0.3) is 0 Å². The van der Waals surface area contributed by atoms with Crippen LogP contribution in [0.3, 0.4) is 0 Å². The van der Waals surface area contributed by atoms with Crippen molar-refractivity contribution in [2.75, 3.05) is 0 Å². The van der Waals surface area contributed by atoms with Crippen LogP contribution in [0.15, 0.2) is 0 Å². The first-order valence-electron chi connectivity index (χ1n) is 5.96. The third-order valence-corrected chi connectivity index (χ3v) is 2.23. The zero-order valence-electron chi connectivity index (χ0n) is 11.7. The highest BCUT2D eigenvalue weighted by atomic mass is 16.6. The lowest BCUT2D eigenvalue weighted by atomic mass is 10.2. The summed E-state index contributed by atoms with van der Waals surface area (Å²) in [5, 5.41) is 8.97. The quantitative estimate of drug-likeness (QED) is 0.525. The van der Waals surface area contributed by atoms with Gasteiger partial charge in [-0.1, -0.05) is 6.92 Å². The fourth-order valence-electron chi connectivity index (χ4n) is 1.18. The van der Waals surface area contributed by atoms with Gasteiger partial charge in [0.25, 0.3) is 0 Å². The summed E-state index contributed by atoms with van der Waals surface area (Å²) in [6, 6.07) is 0. The number of rotatable bonds is 7. The first kappa shape index (κ1) is 17.9. The minimum absolute atomic E-state index is 0.490. The van der Waals surface area contributed by atoms with E-state index in [0.717, 1.165) is 13.8 Å². The highest BCUT2D eigenvalue weighted by Gasteiger charge is 2.41. The summed E-state index contributed by atoms with van der Waals surface area (Å²) in [6.07, 6.45) is -3.80. The molecule has 0 aromatic carbocycles. The number of hydrogen-bond donors (Lipinski definition) is 1. The van der Waals surface area contributed by atoms with Gasteiger partial charge in [0.15, 0.2) is 0 Å². The molecule has 1 N–H and O–H groups in total. The molecule has 0 spiro atoms. The smallest absolute Gasteiger partial charge is 0.352 e. The maximum atomic E-state index is 11.8. The summed E-state index contributed by atoms with van der Waals surface area (Å²) in [5.41, 5.74) is 0. The molecule has 0 heterocycles. The molecule has 8 nitrogen and oxygen atoms in total. The fourth-order valence-corrected chi connectivity index (χ4v) is 1.18. The van der Waals surface area contributed by atoms with Gasteiger partial charge in [0.05, 0.1) is 6.10 Å². The van der Waals surface area contributed by atoms with Crippen molar-refractivity contribution in [3.63, 3.8) is 0 Å². The molecule has 0 saturated heterocycles. The van der Waals surface area contributed by atoms with E-state index in [9.17, 15) is 19.2 Å². The molecule has 0 radical (unpaired) electrons. The molecule has 3 unspecified atom stereocenters. The van der Waals surface area contributed by atoms with E-state index in [1.165, 1.54) is 0 Å². The minimum Gasteiger partial charge on any atom is -0.478 e. The van der Waals surface area contributed by atoms with Gasteiger partial charge < -0.3 is 19.3 Å². The van der Waals surface area contributed by atoms with Crippen molar-refractivity contribution in [3.05, 3.63) is 0 Å². The molecule has 0 amide bonds. The predicted octanol–water partition coefficient (Wildman–Crippen LogP) is 0.276. The molecule has 0 aromatic rings. The molecule has 20 heavy (non-hydrogen) atoms. The average molecular weight is 290 g/mol. The van der Waals surface area contributed by atoms with E-state index in [1.807, 2.05) is 0 Å². The van der Waals surface area contributed by atoms with Crippen molar-refractivity contribution in [1.29, 1.82) is 0 Å². The maximum absolute atomic E-state index is 11.8. The molecule has 114 valence electrons. The summed E-state index contributed by atoms with van der Waals surface area (Å²) in [6.45, 7) is 5.31. The zero-order valence-corrected chi connectivity index (χ0v) is 11.7. The second-order valence-corrected chi connectivity index (χ2v) is 4.05. The number of esters is 3. The van der Waals surface area contributed by atoms with Crippen LogP contribution in [-0.4, -0.2) is 47.3 Å². The Labute approximate surface area is 116 Å². The van der Waals surface area contributed by atoms with Crippen LogP contribution < -0.4 is 0 Å². The van der Waals surface area contributed by atoms with Crippen molar-refractivity contribution in [3.8, 4) is 0 Å². The van der Waals surface area contributed by atoms with Crippen LogP contribution in [-0.2, 0) is 33.4 Å². The SMILES string of the molecule is CCC(C)OC(=O)C(OC(C)=O)C(OC(C)=O)C(=O)O. The number of aliphatic carboxylic acids is 1. The molecular weight excluding hydrogens is 272 g/mol. The van der Waals surface area contributed by atoms with Gasteiger partial charge in [-0.25, -0.2) is 9.59 Å². The third kappa shape index (κ3) is 6.17. The van der Waals surface area contributed by atoms with Crippen molar-refractivity contribution >= 4 is 23.9 Å². The Morgan fingerprint density at radius 3 is 1.75 bits per heavy atom. The van der Waals surface area contributed by atoms with Crippen LogP contribution in [0.2, 0.25) is 0 Å². The topological polar surface area (TPSA) is 116 Å². The van der Waals surface area contributed by atoms with E-state index in [4.69, 9.17) is 9.84 Å². The van der Waals surface area contributed by atoms with Gasteiger partial charge in [0, 0.05) is 13.8 Å². The van der Waals surface area contributed by atoms with Crippen LogP contribution in [0.5, 0.6) is 0 Å². The molecule has 0 aromatic heterocycles. The van der Waals surface area contributed by atoms with Crippen molar-refractivity contribution in [2.45, 2.75) is 52.4 Å². The normalized spacial score (nSPS) is 14.6. The summed E-state index contributed by atoms with van der Waals surface area (Å²) >= 11 is 0. The lowest BCUT2D eigenvalue weighted by molar-refractivity contribution is -0.190. The Balaban J connectivity index is 5.17. The monoisotopic (exact) mass is 290 g/mol. The van der Waals surface area contributed by atoms with Gasteiger partial charge in [-0.3, -0.25) is 9.59 Å². The van der Waals surface area contributed by atoms with Crippen LogP contribution in [0.4, 0.5) is 0 Å². The van der Waals surface area contributed by atoms with Gasteiger partial charge in [0.1, 0.15) is 0 Å². The molecule has 0 aliphatic heterocycles. The molecule has 8 heteroatoms. The van der Waals surface area contributed by atoms with Gasteiger partial charge >= 0.3 is 23.9 Å². The molecule has 0 aliphatic carbocycles. The van der Waals surface area contributed by atoms with Gasteiger partial charge in [0.2, 0.25) is 12.2 Å². The number of carboxylic acid groups (broad SMARTS) is 1. The van der Waals surface area contributed by atoms with Gasteiger partial charge in [-0.15, -0.1) is 0 Å². The molecule has 0 bridgehead atoms. The largest absolute Gasteiger partial charge is 0.478 e. The van der Waals surface area contributed by atoms with Crippen LogP contribution >= 0.6 is 0 Å². The Morgan fingerprint density at radius 2 is 1.40 bits per heavy atom. The minimum atomic E-state index is -1.95. The lowest BCUT2D eigenvalue weighted by Gasteiger charge is -2.23. The highest BCUT2D eigenvalue weighted by molar-refractivity contribution is 5.88. The van der Waals surface area contributed by atoms with E-state index >= 15 is 0 Å². The molecule has 0 fully saturated rings. The first-order valence-corrected chi connectivity index (χ1v) is 5.96. The van der Waals surface area contributed by atoms with Gasteiger partial charge in [-0.05, 0) is 13.3 Å². The number of ether oxygens (including phenoxy) is 3. The lowest BCUT2D eigenvalue weighted by Crippen LogP contribution is -2.46. The molecular formula is C12H18O8. The predicted molar refractivity (Wildman–Crippen MR) is 64.6 cm³/mol. The van der Waals surface area contributed by atoms with Crippen molar-refractivity contribution < 1.29 is 38.5 Å². The number of hydrogen-bond acceptors (Lipinski definition) is 7. The summed E-state index contributed by atoms with van der Waals surface area (Å²) in [7, 11) is 0. The summed E-state index contributed by atoms with van der Waals surface area (Å²) in [5.74, 6) is -4.52. The van der Waals surface area contributed by atoms with E-state index < -0.39 is 42.2 Å². The Kier molecular flexibility index (Phi) is 7.27. The average Bonchev–Trinajstić information content (AvgIpc) is 2.32. The molecule has 0 rings (SSSR count). The zero-order chi connectivity index (χ0) is 15.9. The molecule has 0 aliphatic rings. The summed E-state index contributed by atoms with van der Waals surface area (Å²) in [4.78, 5) is 44.7. The van der Waals surface area contributed by atoms with E-state index in [1.54, 1.807) is 13.8 Å². The maximum Gasteiger partial charge on any atom is 0.352 e. The molecule has 3 atom stereocenters.